The van der Waals surface area contributed by atoms with E-state index in [-0.39, 0.29) is 17.9 Å². The summed E-state index contributed by atoms with van der Waals surface area (Å²) in [5.74, 6) is 1.12. The molecule has 2 fully saturated rings. The Kier molecular flexibility index (Phi) is 6.19. The molecule has 0 unspecified atom stereocenters. The van der Waals surface area contributed by atoms with E-state index in [1.807, 2.05) is 34.1 Å². The molecule has 5 nitrogen and oxygen atoms in total. The molecule has 2 saturated heterocycles. The Morgan fingerprint density at radius 1 is 1.20 bits per heavy atom. The summed E-state index contributed by atoms with van der Waals surface area (Å²) in [6.45, 7) is 2.99. The highest BCUT2D eigenvalue weighted by molar-refractivity contribution is 6.32. The molecule has 2 amide bonds. The van der Waals surface area contributed by atoms with E-state index in [4.69, 9.17) is 16.3 Å². The Labute approximate surface area is 153 Å². The second-order valence-corrected chi connectivity index (χ2v) is 7.12. The van der Waals surface area contributed by atoms with Gasteiger partial charge in [0.25, 0.3) is 0 Å². The second kappa shape index (κ2) is 8.56. The molecule has 2 aliphatic heterocycles. The zero-order valence-corrected chi connectivity index (χ0v) is 15.2. The molecule has 0 bridgehead atoms. The van der Waals surface area contributed by atoms with E-state index in [1.165, 1.54) is 0 Å². The smallest absolute Gasteiger partial charge is 0.222 e. The van der Waals surface area contributed by atoms with Crippen LogP contribution in [0.5, 0.6) is 5.75 Å². The standard InChI is InChI=1S/C19H25ClN2O3/c20-16-5-1-2-6-17(16)25-15-9-13-22(14-10-15)19(24)8-4-12-21-11-3-7-18(21)23/h1-2,5-6,15H,3-4,7-14H2. The molecule has 0 aliphatic carbocycles. The van der Waals surface area contributed by atoms with Crippen molar-refractivity contribution < 1.29 is 14.3 Å². The quantitative estimate of drug-likeness (QED) is 0.779. The highest BCUT2D eigenvalue weighted by Crippen LogP contribution is 2.27. The number of likely N-dealkylation sites (tertiary alicyclic amines) is 2. The molecular weight excluding hydrogens is 340 g/mol. The monoisotopic (exact) mass is 364 g/mol. The first-order valence-corrected chi connectivity index (χ1v) is 9.48. The molecule has 0 spiro atoms. The number of amides is 2. The lowest BCUT2D eigenvalue weighted by Gasteiger charge is -2.32. The van der Waals surface area contributed by atoms with Crippen molar-refractivity contribution in [2.45, 2.75) is 44.6 Å². The van der Waals surface area contributed by atoms with Crippen LogP contribution in [0.4, 0.5) is 0 Å². The van der Waals surface area contributed by atoms with Gasteiger partial charge in [0.05, 0.1) is 5.02 Å². The van der Waals surface area contributed by atoms with Gasteiger partial charge < -0.3 is 14.5 Å². The van der Waals surface area contributed by atoms with Crippen molar-refractivity contribution >= 4 is 23.4 Å². The van der Waals surface area contributed by atoms with E-state index < -0.39 is 0 Å². The molecule has 3 rings (SSSR count). The van der Waals surface area contributed by atoms with Crippen molar-refractivity contribution in [2.24, 2.45) is 0 Å². The van der Waals surface area contributed by atoms with E-state index in [2.05, 4.69) is 0 Å². The van der Waals surface area contributed by atoms with Crippen LogP contribution in [0.15, 0.2) is 24.3 Å². The van der Waals surface area contributed by atoms with Crippen molar-refractivity contribution in [3.05, 3.63) is 29.3 Å². The van der Waals surface area contributed by atoms with Crippen LogP contribution in [0.3, 0.4) is 0 Å². The van der Waals surface area contributed by atoms with E-state index in [0.29, 0.717) is 30.2 Å². The third kappa shape index (κ3) is 4.88. The number of hydrogen-bond donors (Lipinski definition) is 0. The number of nitrogens with zero attached hydrogens (tertiary/aromatic N) is 2. The predicted molar refractivity (Wildman–Crippen MR) is 96.7 cm³/mol. The van der Waals surface area contributed by atoms with Crippen LogP contribution < -0.4 is 4.74 Å². The maximum absolute atomic E-state index is 12.3. The summed E-state index contributed by atoms with van der Waals surface area (Å²) in [5, 5.41) is 0.623. The Balaban J connectivity index is 1.37. The Morgan fingerprint density at radius 2 is 1.96 bits per heavy atom. The second-order valence-electron chi connectivity index (χ2n) is 6.72. The molecule has 0 radical (unpaired) electrons. The molecule has 0 atom stereocenters. The van der Waals surface area contributed by atoms with Gasteiger partial charge in [-0.2, -0.15) is 0 Å². The van der Waals surface area contributed by atoms with Crippen LogP contribution in [-0.4, -0.2) is 53.9 Å². The van der Waals surface area contributed by atoms with Gasteiger partial charge in [0.15, 0.2) is 0 Å². The third-order valence-corrected chi connectivity index (χ3v) is 5.23. The zero-order chi connectivity index (χ0) is 17.6. The molecule has 1 aromatic rings. The number of piperidine rings is 1. The van der Waals surface area contributed by atoms with Crippen LogP contribution in [-0.2, 0) is 9.59 Å². The molecule has 0 saturated carbocycles. The summed E-state index contributed by atoms with van der Waals surface area (Å²) in [5.41, 5.74) is 0. The van der Waals surface area contributed by atoms with Crippen molar-refractivity contribution in [3.63, 3.8) is 0 Å². The van der Waals surface area contributed by atoms with Crippen LogP contribution >= 0.6 is 11.6 Å². The van der Waals surface area contributed by atoms with E-state index in [0.717, 1.165) is 45.3 Å². The van der Waals surface area contributed by atoms with Gasteiger partial charge in [-0.1, -0.05) is 23.7 Å². The Hall–Kier alpha value is -1.75. The highest BCUT2D eigenvalue weighted by Gasteiger charge is 2.25. The van der Waals surface area contributed by atoms with Gasteiger partial charge in [0.1, 0.15) is 11.9 Å². The molecule has 0 N–H and O–H groups in total. The topological polar surface area (TPSA) is 49.9 Å². The van der Waals surface area contributed by atoms with Gasteiger partial charge in [0, 0.05) is 51.9 Å². The molecule has 1 aromatic carbocycles. The van der Waals surface area contributed by atoms with Gasteiger partial charge in [-0.15, -0.1) is 0 Å². The number of ether oxygens (including phenoxy) is 1. The van der Waals surface area contributed by atoms with Gasteiger partial charge in [-0.25, -0.2) is 0 Å². The molecule has 25 heavy (non-hydrogen) atoms. The number of rotatable bonds is 6. The Morgan fingerprint density at radius 3 is 2.64 bits per heavy atom. The maximum atomic E-state index is 12.3. The SMILES string of the molecule is O=C1CCCN1CCCC(=O)N1CCC(Oc2ccccc2Cl)CC1. The van der Waals surface area contributed by atoms with Crippen molar-refractivity contribution in [2.75, 3.05) is 26.2 Å². The summed E-state index contributed by atoms with van der Waals surface area (Å²) in [6, 6.07) is 7.48. The zero-order valence-electron chi connectivity index (χ0n) is 14.5. The minimum absolute atomic E-state index is 0.103. The van der Waals surface area contributed by atoms with Crippen LogP contribution in [0.1, 0.15) is 38.5 Å². The van der Waals surface area contributed by atoms with Crippen molar-refractivity contribution in [3.8, 4) is 5.75 Å². The molecule has 6 heteroatoms. The first-order valence-electron chi connectivity index (χ1n) is 9.10. The normalized spacial score (nSPS) is 18.7. The summed E-state index contributed by atoms with van der Waals surface area (Å²) in [7, 11) is 0. The van der Waals surface area contributed by atoms with Gasteiger partial charge in [-0.05, 0) is 25.0 Å². The lowest BCUT2D eigenvalue weighted by Crippen LogP contribution is -2.42. The Bertz CT molecular complexity index is 614. The minimum atomic E-state index is 0.103. The number of benzene rings is 1. The summed E-state index contributed by atoms with van der Waals surface area (Å²) in [4.78, 5) is 27.7. The lowest BCUT2D eigenvalue weighted by molar-refractivity contribution is -0.134. The van der Waals surface area contributed by atoms with Crippen molar-refractivity contribution in [1.82, 2.24) is 9.80 Å². The average molecular weight is 365 g/mol. The fraction of sp³-hybridized carbons (Fsp3) is 0.579. The molecular formula is C19H25ClN2O3. The maximum Gasteiger partial charge on any atom is 0.222 e. The third-order valence-electron chi connectivity index (χ3n) is 4.92. The van der Waals surface area contributed by atoms with E-state index in [1.54, 1.807) is 0 Å². The summed E-state index contributed by atoms with van der Waals surface area (Å²) in [6.07, 6.45) is 4.62. The first-order chi connectivity index (χ1) is 12.1. The first kappa shape index (κ1) is 18.1. The van der Waals surface area contributed by atoms with Crippen LogP contribution in [0.2, 0.25) is 5.02 Å². The van der Waals surface area contributed by atoms with Gasteiger partial charge >= 0.3 is 0 Å². The fourth-order valence-corrected chi connectivity index (χ4v) is 3.64. The largest absolute Gasteiger partial charge is 0.489 e. The van der Waals surface area contributed by atoms with Crippen molar-refractivity contribution in [1.29, 1.82) is 0 Å². The number of para-hydroxylation sites is 1. The predicted octanol–water partition coefficient (Wildman–Crippen LogP) is 3.11. The number of hydrogen-bond acceptors (Lipinski definition) is 3. The van der Waals surface area contributed by atoms with E-state index >= 15 is 0 Å². The number of halogens is 1. The molecule has 2 heterocycles. The molecule has 136 valence electrons. The van der Waals surface area contributed by atoms with Gasteiger partial charge in [-0.3, -0.25) is 9.59 Å². The number of carbonyl (C=O) groups excluding carboxylic acids is 2. The van der Waals surface area contributed by atoms with E-state index in [9.17, 15) is 9.59 Å². The van der Waals surface area contributed by atoms with Gasteiger partial charge in [0.2, 0.25) is 11.8 Å². The average Bonchev–Trinajstić information content (AvgIpc) is 3.02. The lowest BCUT2D eigenvalue weighted by atomic mass is 10.1. The van der Waals surface area contributed by atoms with Crippen LogP contribution in [0.25, 0.3) is 0 Å². The summed E-state index contributed by atoms with van der Waals surface area (Å²) >= 11 is 6.13. The number of carbonyl (C=O) groups is 2. The molecule has 2 aliphatic rings. The molecule has 0 aromatic heterocycles. The minimum Gasteiger partial charge on any atom is -0.489 e. The van der Waals surface area contributed by atoms with Crippen LogP contribution in [0, 0.1) is 0 Å². The highest BCUT2D eigenvalue weighted by atomic mass is 35.5. The summed E-state index contributed by atoms with van der Waals surface area (Å²) < 4.78 is 5.96. The fourth-order valence-electron chi connectivity index (χ4n) is 3.46.